The summed E-state index contributed by atoms with van der Waals surface area (Å²) in [6.07, 6.45) is 1.47. The van der Waals surface area contributed by atoms with Crippen LogP contribution in [0, 0.1) is 0 Å². The number of halogens is 1. The molecule has 2 heterocycles. The second-order valence-corrected chi connectivity index (χ2v) is 3.96. The third-order valence-electron chi connectivity index (χ3n) is 2.22. The molecule has 3 rings (SSSR count). The van der Waals surface area contributed by atoms with Crippen LogP contribution >= 0.6 is 15.9 Å². The number of nitrogens with zero attached hydrogens (tertiary/aromatic N) is 4. The zero-order valence-electron chi connectivity index (χ0n) is 7.55. The molecule has 2 N–H and O–H groups in total. The van der Waals surface area contributed by atoms with Gasteiger partial charge in [0, 0.05) is 9.86 Å². The van der Waals surface area contributed by atoms with Gasteiger partial charge in [0.05, 0.1) is 5.52 Å². The first-order chi connectivity index (χ1) is 7.27. The van der Waals surface area contributed by atoms with Crippen molar-refractivity contribution < 1.29 is 0 Å². The van der Waals surface area contributed by atoms with Gasteiger partial charge in [-0.1, -0.05) is 6.07 Å². The summed E-state index contributed by atoms with van der Waals surface area (Å²) >= 11 is 3.43. The lowest BCUT2D eigenvalue weighted by molar-refractivity contribution is 0.950. The summed E-state index contributed by atoms with van der Waals surface area (Å²) < 4.78 is 2.42. The van der Waals surface area contributed by atoms with Gasteiger partial charge in [0.15, 0.2) is 5.65 Å². The molecule has 0 aliphatic heterocycles. The number of anilines is 1. The van der Waals surface area contributed by atoms with Crippen molar-refractivity contribution in [3.8, 4) is 0 Å². The normalized spacial score (nSPS) is 11.3. The summed E-state index contributed by atoms with van der Waals surface area (Å²) in [5, 5.41) is 4.93. The third-order valence-corrected chi connectivity index (χ3v) is 2.86. The van der Waals surface area contributed by atoms with E-state index in [0.29, 0.717) is 5.95 Å². The van der Waals surface area contributed by atoms with E-state index >= 15 is 0 Å². The molecule has 0 fully saturated rings. The van der Waals surface area contributed by atoms with Crippen LogP contribution in [0.15, 0.2) is 29.0 Å². The van der Waals surface area contributed by atoms with Crippen LogP contribution in [0.2, 0.25) is 0 Å². The van der Waals surface area contributed by atoms with E-state index in [1.54, 1.807) is 0 Å². The summed E-state index contributed by atoms with van der Waals surface area (Å²) in [6, 6.07) is 5.79. The molecule has 74 valence electrons. The Morgan fingerprint density at radius 3 is 3.07 bits per heavy atom. The summed E-state index contributed by atoms with van der Waals surface area (Å²) in [6.45, 7) is 0. The van der Waals surface area contributed by atoms with Crippen molar-refractivity contribution in [1.29, 1.82) is 0 Å². The van der Waals surface area contributed by atoms with Crippen molar-refractivity contribution in [2.24, 2.45) is 0 Å². The number of para-hydroxylation sites is 1. The number of hydrogen-bond acceptors (Lipinski definition) is 4. The van der Waals surface area contributed by atoms with E-state index in [-0.39, 0.29) is 0 Å². The molecule has 0 radical (unpaired) electrons. The quantitative estimate of drug-likeness (QED) is 0.669. The Hall–Kier alpha value is -1.69. The van der Waals surface area contributed by atoms with Gasteiger partial charge in [0.25, 0.3) is 0 Å². The molecule has 0 saturated carbocycles. The van der Waals surface area contributed by atoms with Gasteiger partial charge in [-0.05, 0) is 28.1 Å². The monoisotopic (exact) mass is 263 g/mol. The van der Waals surface area contributed by atoms with Crippen LogP contribution < -0.4 is 5.73 Å². The molecule has 0 unspecified atom stereocenters. The van der Waals surface area contributed by atoms with Crippen molar-refractivity contribution in [3.05, 3.63) is 29.0 Å². The van der Waals surface area contributed by atoms with Crippen molar-refractivity contribution in [3.63, 3.8) is 0 Å². The van der Waals surface area contributed by atoms with Gasteiger partial charge in [-0.15, -0.1) is 0 Å². The lowest BCUT2D eigenvalue weighted by Gasteiger charge is -2.03. The van der Waals surface area contributed by atoms with Crippen LogP contribution in [0.3, 0.4) is 0 Å². The highest BCUT2D eigenvalue weighted by atomic mass is 79.9. The lowest BCUT2D eigenvalue weighted by atomic mass is 10.2. The minimum absolute atomic E-state index is 0.335. The standard InChI is InChI=1S/C9H6BrN5/c10-6-3-1-2-5-7(6)14-9(11)15-8(5)12-4-13-15/h1-4H,(H2,11,14). The number of hydrogen-bond donors (Lipinski definition) is 1. The van der Waals surface area contributed by atoms with Gasteiger partial charge in [-0.3, -0.25) is 0 Å². The van der Waals surface area contributed by atoms with Crippen LogP contribution in [0.4, 0.5) is 5.95 Å². The number of aromatic nitrogens is 4. The molecule has 0 spiro atoms. The van der Waals surface area contributed by atoms with E-state index < -0.39 is 0 Å². The highest BCUT2D eigenvalue weighted by Gasteiger charge is 2.09. The summed E-state index contributed by atoms with van der Waals surface area (Å²) in [4.78, 5) is 8.43. The van der Waals surface area contributed by atoms with E-state index in [9.17, 15) is 0 Å². The van der Waals surface area contributed by atoms with Crippen LogP contribution in [0.5, 0.6) is 0 Å². The second-order valence-electron chi connectivity index (χ2n) is 3.10. The SMILES string of the molecule is Nc1nc2c(Br)cccc2c2ncnn12. The van der Waals surface area contributed by atoms with Crippen LogP contribution in [0.1, 0.15) is 0 Å². The second kappa shape index (κ2) is 2.90. The van der Waals surface area contributed by atoms with Gasteiger partial charge in [0.1, 0.15) is 6.33 Å². The Morgan fingerprint density at radius 2 is 2.20 bits per heavy atom. The Balaban J connectivity index is 2.66. The molecule has 5 nitrogen and oxygen atoms in total. The van der Waals surface area contributed by atoms with Crippen molar-refractivity contribution in [2.45, 2.75) is 0 Å². The Kier molecular flexibility index (Phi) is 1.66. The fourth-order valence-corrected chi connectivity index (χ4v) is 2.02. The topological polar surface area (TPSA) is 69.1 Å². The van der Waals surface area contributed by atoms with E-state index in [1.165, 1.54) is 10.8 Å². The fraction of sp³-hybridized carbons (Fsp3) is 0. The summed E-state index contributed by atoms with van der Waals surface area (Å²) in [5.41, 5.74) is 7.29. The molecule has 0 aliphatic carbocycles. The van der Waals surface area contributed by atoms with Crippen molar-refractivity contribution >= 4 is 38.4 Å². The molecular weight excluding hydrogens is 258 g/mol. The molecule has 6 heteroatoms. The smallest absolute Gasteiger partial charge is 0.223 e. The van der Waals surface area contributed by atoms with Crippen molar-refractivity contribution in [1.82, 2.24) is 19.6 Å². The molecule has 0 atom stereocenters. The zero-order chi connectivity index (χ0) is 10.4. The lowest BCUT2D eigenvalue weighted by Crippen LogP contribution is -2.02. The molecule has 0 aliphatic rings. The molecule has 0 saturated heterocycles. The van der Waals surface area contributed by atoms with Gasteiger partial charge in [0.2, 0.25) is 5.95 Å². The largest absolute Gasteiger partial charge is 0.368 e. The Bertz CT molecular complexity index is 660. The predicted octanol–water partition coefficient (Wildman–Crippen LogP) is 1.62. The van der Waals surface area contributed by atoms with E-state index in [2.05, 4.69) is 31.0 Å². The average Bonchev–Trinajstić information content (AvgIpc) is 2.69. The molecule has 0 bridgehead atoms. The number of fused-ring (bicyclic) bond motifs is 3. The van der Waals surface area contributed by atoms with Crippen molar-refractivity contribution in [2.75, 3.05) is 5.73 Å². The number of benzene rings is 1. The maximum absolute atomic E-state index is 5.76. The fourth-order valence-electron chi connectivity index (χ4n) is 1.56. The molecular formula is C9H6BrN5. The van der Waals surface area contributed by atoms with E-state index in [4.69, 9.17) is 5.73 Å². The van der Waals surface area contributed by atoms with Gasteiger partial charge < -0.3 is 5.73 Å². The molecule has 1 aromatic carbocycles. The highest BCUT2D eigenvalue weighted by Crippen LogP contribution is 2.25. The van der Waals surface area contributed by atoms with Gasteiger partial charge in [-0.25, -0.2) is 9.97 Å². The number of nitrogens with two attached hydrogens (primary N) is 1. The van der Waals surface area contributed by atoms with Gasteiger partial charge >= 0.3 is 0 Å². The minimum atomic E-state index is 0.335. The van der Waals surface area contributed by atoms with Gasteiger partial charge in [-0.2, -0.15) is 9.61 Å². The predicted molar refractivity (Wildman–Crippen MR) is 60.4 cm³/mol. The zero-order valence-corrected chi connectivity index (χ0v) is 9.14. The Morgan fingerprint density at radius 1 is 1.33 bits per heavy atom. The maximum atomic E-state index is 5.76. The average molecular weight is 264 g/mol. The van der Waals surface area contributed by atoms with Crippen LogP contribution in [-0.2, 0) is 0 Å². The molecule has 2 aromatic heterocycles. The van der Waals surface area contributed by atoms with Crippen LogP contribution in [0.25, 0.3) is 16.6 Å². The first-order valence-corrected chi connectivity index (χ1v) is 5.10. The van der Waals surface area contributed by atoms with E-state index in [1.807, 2.05) is 18.2 Å². The number of nitrogen functional groups attached to an aromatic ring is 1. The van der Waals surface area contributed by atoms with E-state index in [0.717, 1.165) is 21.0 Å². The first-order valence-electron chi connectivity index (χ1n) is 4.31. The highest BCUT2D eigenvalue weighted by molar-refractivity contribution is 9.10. The summed E-state index contributed by atoms with van der Waals surface area (Å²) in [5.74, 6) is 0.335. The summed E-state index contributed by atoms with van der Waals surface area (Å²) in [7, 11) is 0. The minimum Gasteiger partial charge on any atom is -0.368 e. The molecule has 15 heavy (non-hydrogen) atoms. The first kappa shape index (κ1) is 8.60. The third kappa shape index (κ3) is 1.11. The molecule has 0 amide bonds. The maximum Gasteiger partial charge on any atom is 0.223 e. The Labute approximate surface area is 93.1 Å². The number of rotatable bonds is 0. The van der Waals surface area contributed by atoms with Crippen LogP contribution in [-0.4, -0.2) is 19.6 Å². The molecule has 3 aromatic rings.